The predicted molar refractivity (Wildman–Crippen MR) is 167 cm³/mol. The fourth-order valence-corrected chi connectivity index (χ4v) is 7.87. The van der Waals surface area contributed by atoms with Crippen molar-refractivity contribution >= 4 is 33.2 Å². The van der Waals surface area contributed by atoms with E-state index in [-0.39, 0.29) is 84.9 Å². The number of benzene rings is 3. The van der Waals surface area contributed by atoms with E-state index in [0.29, 0.717) is 23.7 Å². The number of ether oxygens (including phenoxy) is 1. The molecule has 0 aliphatic carbocycles. The number of aromatic nitrogens is 2. The maximum Gasteiger partial charge on any atom is 0.319 e. The number of hydrogen-bond acceptors (Lipinski definition) is 7. The molecule has 3 N–H and O–H groups in total. The molecule has 3 saturated heterocycles. The van der Waals surface area contributed by atoms with E-state index in [2.05, 4.69) is 9.97 Å². The van der Waals surface area contributed by atoms with Crippen molar-refractivity contribution in [2.45, 2.75) is 69.2 Å². The number of β-amino-alcohol motifs (C(OH)–C–C–N with tert-alkyl or cyclic N) is 1. The second-order valence-corrected chi connectivity index (χ2v) is 13.1. The summed E-state index contributed by atoms with van der Waals surface area (Å²) in [5.41, 5.74) is 2.83. The van der Waals surface area contributed by atoms with Gasteiger partial charge in [-0.3, -0.25) is 4.90 Å². The molecule has 7 nitrogen and oxygen atoms in total. The van der Waals surface area contributed by atoms with Crippen LogP contribution in [0.1, 0.15) is 44.6 Å². The number of nitrogens with two attached hydrogens (primary N) is 1. The minimum atomic E-state index is -3.07. The summed E-state index contributed by atoms with van der Waals surface area (Å²) in [5.74, 6) is -2.74. The van der Waals surface area contributed by atoms with Gasteiger partial charge in [0.1, 0.15) is 41.3 Å². The van der Waals surface area contributed by atoms with E-state index in [1.165, 1.54) is 23.1 Å². The van der Waals surface area contributed by atoms with E-state index in [4.69, 9.17) is 10.5 Å². The quantitative estimate of drug-likeness (QED) is 0.172. The Morgan fingerprint density at radius 2 is 1.85 bits per heavy atom. The van der Waals surface area contributed by atoms with Crippen molar-refractivity contribution in [1.29, 1.82) is 0 Å². The highest BCUT2D eigenvalue weighted by atomic mass is 19.3. The van der Waals surface area contributed by atoms with Crippen LogP contribution in [0, 0.1) is 17.5 Å². The Balaban J connectivity index is 1.41. The summed E-state index contributed by atoms with van der Waals surface area (Å²) in [7, 11) is 0. The van der Waals surface area contributed by atoms with Crippen LogP contribution in [0.25, 0.3) is 32.8 Å². The normalized spacial score (nSPS) is 25.0. The molecule has 3 aliphatic rings. The predicted octanol–water partition coefficient (Wildman–Crippen LogP) is 6.56. The van der Waals surface area contributed by atoms with Gasteiger partial charge in [-0.25, -0.2) is 26.3 Å². The zero-order valence-electron chi connectivity index (χ0n) is 25.8. The maximum absolute atomic E-state index is 16.9. The van der Waals surface area contributed by atoms with Gasteiger partial charge in [-0.2, -0.15) is 9.97 Å². The van der Waals surface area contributed by atoms with Crippen LogP contribution in [0.15, 0.2) is 30.3 Å². The smallest absolute Gasteiger partial charge is 0.319 e. The van der Waals surface area contributed by atoms with Crippen LogP contribution in [0.5, 0.6) is 6.01 Å². The third kappa shape index (κ3) is 5.31. The van der Waals surface area contributed by atoms with Crippen LogP contribution >= 0.6 is 0 Å². The van der Waals surface area contributed by atoms with Crippen LogP contribution in [0.4, 0.5) is 37.8 Å². The van der Waals surface area contributed by atoms with Crippen molar-refractivity contribution < 1.29 is 36.2 Å². The highest BCUT2D eigenvalue weighted by Crippen LogP contribution is 2.43. The van der Waals surface area contributed by atoms with E-state index in [9.17, 15) is 22.7 Å². The summed E-state index contributed by atoms with van der Waals surface area (Å²) in [6.07, 6.45) is -2.06. The molecular weight excluding hydrogens is 624 g/mol. The lowest BCUT2D eigenvalue weighted by molar-refractivity contribution is -0.102. The molecule has 0 bridgehead atoms. The lowest BCUT2D eigenvalue weighted by Crippen LogP contribution is -2.53. The lowest BCUT2D eigenvalue weighted by atomic mass is 9.91. The Morgan fingerprint density at radius 3 is 2.62 bits per heavy atom. The number of fused-ring (bicyclic) bond motifs is 3. The molecule has 4 aromatic rings. The van der Waals surface area contributed by atoms with Crippen molar-refractivity contribution in [2.75, 3.05) is 43.4 Å². The van der Waals surface area contributed by atoms with Gasteiger partial charge in [-0.05, 0) is 84.8 Å². The number of hydrogen-bond donors (Lipinski definition) is 2. The van der Waals surface area contributed by atoms with Gasteiger partial charge in [0.05, 0.1) is 17.6 Å². The molecule has 3 fully saturated rings. The van der Waals surface area contributed by atoms with Gasteiger partial charge in [0.2, 0.25) is 0 Å². The first kappa shape index (κ1) is 31.7. The van der Waals surface area contributed by atoms with Crippen LogP contribution in [-0.4, -0.2) is 76.5 Å². The Hall–Kier alpha value is -3.84. The first-order valence-corrected chi connectivity index (χ1v) is 15.9. The number of rotatable bonds is 7. The zero-order chi connectivity index (χ0) is 33.2. The summed E-state index contributed by atoms with van der Waals surface area (Å²) < 4.78 is 96.4. The summed E-state index contributed by atoms with van der Waals surface area (Å²) in [5, 5.41) is 11.4. The second kappa shape index (κ2) is 11.7. The number of piperidine rings is 1. The van der Waals surface area contributed by atoms with E-state index >= 15 is 8.78 Å². The first-order valence-electron chi connectivity index (χ1n) is 15.9. The van der Waals surface area contributed by atoms with Gasteiger partial charge in [-0.15, -0.1) is 0 Å². The Labute approximate surface area is 267 Å². The van der Waals surface area contributed by atoms with E-state index in [1.807, 2.05) is 4.90 Å². The number of alkyl halides is 3. The standard InChI is InChI=1S/C34H35F6N5O2/c1-2-21-24(36)6-5-18-11-20(41)12-22(26(18)21)27-25(37)13-23-29(28(27)38)42-32(47-17-33-7-3-10-45(33)15-19(35)14-33)43-30(23)44-9-4-8-34(46,16-44)31(39)40/h5-6,11-13,19,31,46H,2-4,7-10,14-17,41H2,1H3/t19-,33+,34?/m1/s1. The number of aliphatic hydroxyl groups is 1. The summed E-state index contributed by atoms with van der Waals surface area (Å²) in [6.45, 7) is 2.35. The van der Waals surface area contributed by atoms with Crippen molar-refractivity contribution in [3.8, 4) is 17.1 Å². The van der Waals surface area contributed by atoms with Crippen molar-refractivity contribution in [2.24, 2.45) is 0 Å². The summed E-state index contributed by atoms with van der Waals surface area (Å²) >= 11 is 0. The molecular formula is C34H35F6N5O2. The van der Waals surface area contributed by atoms with E-state index < -0.39 is 53.3 Å². The molecule has 3 aromatic carbocycles. The number of halogens is 6. The third-order valence-electron chi connectivity index (χ3n) is 10.1. The largest absolute Gasteiger partial charge is 0.461 e. The maximum atomic E-state index is 16.9. The molecule has 7 rings (SSSR count). The van der Waals surface area contributed by atoms with Crippen molar-refractivity contribution in [3.63, 3.8) is 0 Å². The Kier molecular flexibility index (Phi) is 7.90. The van der Waals surface area contributed by atoms with Gasteiger partial charge in [0, 0.05) is 30.6 Å². The summed E-state index contributed by atoms with van der Waals surface area (Å²) in [4.78, 5) is 12.2. The van der Waals surface area contributed by atoms with E-state index in [1.54, 1.807) is 13.0 Å². The van der Waals surface area contributed by atoms with Gasteiger partial charge in [-0.1, -0.05) is 13.0 Å². The molecule has 47 heavy (non-hydrogen) atoms. The van der Waals surface area contributed by atoms with Gasteiger partial charge in [0.25, 0.3) is 6.43 Å². The van der Waals surface area contributed by atoms with Crippen molar-refractivity contribution in [1.82, 2.24) is 14.9 Å². The molecule has 3 aliphatic heterocycles. The molecule has 0 saturated carbocycles. The molecule has 13 heteroatoms. The Morgan fingerprint density at radius 1 is 1.06 bits per heavy atom. The number of nitrogens with zero attached hydrogens (tertiary/aromatic N) is 4. The average molecular weight is 660 g/mol. The lowest BCUT2D eigenvalue weighted by Gasteiger charge is -2.39. The van der Waals surface area contributed by atoms with Crippen LogP contribution in [-0.2, 0) is 6.42 Å². The van der Waals surface area contributed by atoms with Gasteiger partial charge >= 0.3 is 6.01 Å². The SMILES string of the molecule is CCc1c(F)ccc2cc(N)cc(-c3c(F)cc4c(N5CCCC(O)(C(F)F)C5)nc(OC[C@@]56CCCN5C[C@H](F)C6)nc4c3F)c12. The second-order valence-electron chi connectivity index (χ2n) is 13.1. The molecule has 3 atom stereocenters. The van der Waals surface area contributed by atoms with Crippen LogP contribution < -0.4 is 15.4 Å². The molecule has 0 amide bonds. The van der Waals surface area contributed by atoms with Gasteiger partial charge < -0.3 is 20.5 Å². The number of aryl methyl sites for hydroxylation is 1. The van der Waals surface area contributed by atoms with Crippen LogP contribution in [0.2, 0.25) is 0 Å². The Bertz CT molecular complexity index is 1880. The van der Waals surface area contributed by atoms with Crippen molar-refractivity contribution in [3.05, 3.63) is 53.3 Å². The molecule has 4 heterocycles. The molecule has 1 unspecified atom stereocenters. The molecule has 250 valence electrons. The number of nitrogen functional groups attached to an aromatic ring is 1. The monoisotopic (exact) mass is 659 g/mol. The topological polar surface area (TPSA) is 87.7 Å². The molecule has 1 aromatic heterocycles. The minimum absolute atomic E-state index is 0.00794. The fraction of sp³-hybridized carbons (Fsp3) is 0.471. The molecule has 0 radical (unpaired) electrons. The zero-order valence-corrected chi connectivity index (χ0v) is 25.8. The van der Waals surface area contributed by atoms with Gasteiger partial charge in [0.15, 0.2) is 5.82 Å². The van der Waals surface area contributed by atoms with E-state index in [0.717, 1.165) is 12.5 Å². The molecule has 0 spiro atoms. The third-order valence-corrected chi connectivity index (χ3v) is 10.1. The summed E-state index contributed by atoms with van der Waals surface area (Å²) in [6, 6.07) is 6.46. The average Bonchev–Trinajstić information content (AvgIpc) is 3.55. The highest BCUT2D eigenvalue weighted by Gasteiger charge is 2.49. The van der Waals surface area contributed by atoms with Crippen LogP contribution in [0.3, 0.4) is 0 Å². The number of anilines is 2. The highest BCUT2D eigenvalue weighted by molar-refractivity contribution is 6.04. The fourth-order valence-electron chi connectivity index (χ4n) is 7.87. The first-order chi connectivity index (χ1) is 22.4. The minimum Gasteiger partial charge on any atom is -0.461 e.